The average molecular weight is 291 g/mol. The Hall–Kier alpha value is -0.660. The van der Waals surface area contributed by atoms with Gasteiger partial charge in [0.15, 0.2) is 0 Å². The van der Waals surface area contributed by atoms with Gasteiger partial charge in [-0.15, -0.1) is 0 Å². The fourth-order valence-corrected chi connectivity index (χ4v) is 4.06. The minimum atomic E-state index is -3.88. The van der Waals surface area contributed by atoms with Crippen molar-refractivity contribution in [1.29, 1.82) is 0 Å². The van der Waals surface area contributed by atoms with Crippen LogP contribution in [0.1, 0.15) is 32.1 Å². The van der Waals surface area contributed by atoms with Gasteiger partial charge in [0.25, 0.3) is 10.1 Å². The minimum Gasteiger partial charge on any atom is -0.480 e. The molecule has 19 heavy (non-hydrogen) atoms. The van der Waals surface area contributed by atoms with Crippen LogP contribution in [0.3, 0.4) is 0 Å². The fraction of sp³-hybridized carbons (Fsp3) is 0.917. The van der Waals surface area contributed by atoms with Crippen LogP contribution in [-0.4, -0.2) is 42.4 Å². The number of piperidine rings is 1. The van der Waals surface area contributed by atoms with Gasteiger partial charge in [0.1, 0.15) is 6.04 Å². The molecule has 3 N–H and O–H groups in total. The zero-order valence-corrected chi connectivity index (χ0v) is 11.6. The van der Waals surface area contributed by atoms with Crippen LogP contribution in [0.15, 0.2) is 0 Å². The molecule has 1 saturated carbocycles. The van der Waals surface area contributed by atoms with Crippen LogP contribution in [0.25, 0.3) is 0 Å². The van der Waals surface area contributed by atoms with Gasteiger partial charge < -0.3 is 10.4 Å². The van der Waals surface area contributed by atoms with Crippen molar-refractivity contribution in [2.75, 3.05) is 12.3 Å². The van der Waals surface area contributed by atoms with E-state index in [2.05, 4.69) is 5.32 Å². The van der Waals surface area contributed by atoms with Gasteiger partial charge in [-0.25, -0.2) is 0 Å². The lowest BCUT2D eigenvalue weighted by Gasteiger charge is -2.41. The van der Waals surface area contributed by atoms with Crippen LogP contribution >= 0.6 is 0 Å². The summed E-state index contributed by atoms with van der Waals surface area (Å²) in [7, 11) is -3.88. The molecule has 0 spiro atoms. The first-order valence-electron chi connectivity index (χ1n) is 6.76. The van der Waals surface area contributed by atoms with Crippen molar-refractivity contribution < 1.29 is 22.9 Å². The third-order valence-electron chi connectivity index (χ3n) is 4.50. The molecule has 1 aliphatic carbocycles. The molecule has 0 radical (unpaired) electrons. The van der Waals surface area contributed by atoms with Crippen LogP contribution < -0.4 is 5.32 Å². The third kappa shape index (κ3) is 4.15. The smallest absolute Gasteiger partial charge is 0.320 e. The Morgan fingerprint density at radius 2 is 1.95 bits per heavy atom. The Morgan fingerprint density at radius 1 is 1.21 bits per heavy atom. The van der Waals surface area contributed by atoms with Gasteiger partial charge in [0, 0.05) is 0 Å². The highest BCUT2D eigenvalue weighted by atomic mass is 32.2. The van der Waals surface area contributed by atoms with Gasteiger partial charge in [0.05, 0.1) is 5.75 Å². The number of carboxylic acid groups (broad SMARTS) is 1. The predicted molar refractivity (Wildman–Crippen MR) is 69.4 cm³/mol. The summed E-state index contributed by atoms with van der Waals surface area (Å²) in [6.07, 6.45) is 3.97. The molecule has 2 rings (SSSR count). The maximum Gasteiger partial charge on any atom is 0.320 e. The highest BCUT2D eigenvalue weighted by molar-refractivity contribution is 7.85. The second-order valence-corrected chi connectivity index (χ2v) is 7.38. The summed E-state index contributed by atoms with van der Waals surface area (Å²) in [6, 6.07) is -0.471. The summed E-state index contributed by atoms with van der Waals surface area (Å²) in [6.45, 7) is 0.743. The van der Waals surface area contributed by atoms with Gasteiger partial charge in [-0.3, -0.25) is 9.35 Å². The topological polar surface area (TPSA) is 104 Å². The lowest BCUT2D eigenvalue weighted by Crippen LogP contribution is -2.49. The van der Waals surface area contributed by atoms with Crippen LogP contribution in [-0.2, 0) is 14.9 Å². The van der Waals surface area contributed by atoms with Crippen LogP contribution in [0, 0.1) is 17.8 Å². The highest BCUT2D eigenvalue weighted by Gasteiger charge is 2.37. The second-order valence-electron chi connectivity index (χ2n) is 5.81. The molecule has 7 heteroatoms. The summed E-state index contributed by atoms with van der Waals surface area (Å²) >= 11 is 0. The molecule has 6 nitrogen and oxygen atoms in total. The van der Waals surface area contributed by atoms with Gasteiger partial charge in [-0.05, 0) is 50.0 Å². The first-order valence-corrected chi connectivity index (χ1v) is 8.37. The monoisotopic (exact) mass is 291 g/mol. The minimum absolute atomic E-state index is 0.185. The van der Waals surface area contributed by atoms with E-state index in [4.69, 9.17) is 9.66 Å². The van der Waals surface area contributed by atoms with E-state index in [0.29, 0.717) is 24.7 Å². The van der Waals surface area contributed by atoms with E-state index in [1.54, 1.807) is 0 Å². The highest BCUT2D eigenvalue weighted by Crippen LogP contribution is 2.39. The Kier molecular flexibility index (Phi) is 4.47. The Balaban J connectivity index is 1.87. The molecule has 0 aromatic carbocycles. The van der Waals surface area contributed by atoms with Crippen LogP contribution in [0.4, 0.5) is 0 Å². The Morgan fingerprint density at radius 3 is 2.58 bits per heavy atom. The zero-order chi connectivity index (χ0) is 14.0. The average Bonchev–Trinajstić information content (AvgIpc) is 2.34. The number of nitrogens with one attached hydrogen (secondary N) is 1. The van der Waals surface area contributed by atoms with Crippen molar-refractivity contribution in [2.45, 2.75) is 38.1 Å². The Labute approximate surface area is 113 Å². The molecule has 0 amide bonds. The van der Waals surface area contributed by atoms with E-state index in [9.17, 15) is 13.2 Å². The molecule has 2 fully saturated rings. The molecule has 1 heterocycles. The SMILES string of the molecule is O=C(O)[C@H]1C[C@@H]2C[C@H](CCS(=O)(=O)O)CC[C@@H]2CN1. The first kappa shape index (κ1) is 14.7. The van der Waals surface area contributed by atoms with Gasteiger partial charge in [0.2, 0.25) is 0 Å². The first-order chi connectivity index (χ1) is 8.85. The number of carboxylic acids is 1. The molecule has 1 aliphatic heterocycles. The molecule has 1 saturated heterocycles. The lowest BCUT2D eigenvalue weighted by atomic mass is 9.69. The van der Waals surface area contributed by atoms with Gasteiger partial charge >= 0.3 is 5.97 Å². The van der Waals surface area contributed by atoms with E-state index in [1.165, 1.54) is 0 Å². The third-order valence-corrected chi connectivity index (χ3v) is 5.25. The molecule has 4 atom stereocenters. The van der Waals surface area contributed by atoms with Crippen molar-refractivity contribution in [3.05, 3.63) is 0 Å². The predicted octanol–water partition coefficient (Wildman–Crippen LogP) is 0.743. The fourth-order valence-electron chi connectivity index (χ4n) is 3.43. The maximum absolute atomic E-state index is 11.0. The Bertz CT molecular complexity index is 435. The van der Waals surface area contributed by atoms with E-state index in [-0.39, 0.29) is 11.7 Å². The normalized spacial score (nSPS) is 35.6. The molecular weight excluding hydrogens is 270 g/mol. The maximum atomic E-state index is 11.0. The number of carbonyl (C=O) groups is 1. The molecule has 2 aliphatic rings. The van der Waals surface area contributed by atoms with Gasteiger partial charge in [-0.2, -0.15) is 8.42 Å². The van der Waals surface area contributed by atoms with Gasteiger partial charge in [-0.1, -0.05) is 6.42 Å². The summed E-state index contributed by atoms with van der Waals surface area (Å²) in [5, 5.41) is 12.1. The summed E-state index contributed by atoms with van der Waals surface area (Å²) in [5.41, 5.74) is 0. The second kappa shape index (κ2) is 5.76. The number of rotatable bonds is 4. The summed E-state index contributed by atoms with van der Waals surface area (Å²) in [4.78, 5) is 11.0. The molecule has 0 aromatic rings. The van der Waals surface area contributed by atoms with E-state index >= 15 is 0 Å². The van der Waals surface area contributed by atoms with Crippen molar-refractivity contribution >= 4 is 16.1 Å². The van der Waals surface area contributed by atoms with Crippen molar-refractivity contribution in [3.63, 3.8) is 0 Å². The van der Waals surface area contributed by atoms with E-state index in [1.807, 2.05) is 0 Å². The number of aliphatic carboxylic acids is 1. The lowest BCUT2D eigenvalue weighted by molar-refractivity contribution is -0.141. The number of hydrogen-bond acceptors (Lipinski definition) is 4. The van der Waals surface area contributed by atoms with Crippen molar-refractivity contribution in [3.8, 4) is 0 Å². The molecular formula is C12H21NO5S. The summed E-state index contributed by atoms with van der Waals surface area (Å²) in [5.74, 6) is 0.171. The van der Waals surface area contributed by atoms with Crippen LogP contribution in [0.5, 0.6) is 0 Å². The van der Waals surface area contributed by atoms with E-state index < -0.39 is 22.1 Å². The largest absolute Gasteiger partial charge is 0.480 e. The standard InChI is InChI=1S/C12H21NO5S/c14-12(15)11-6-10-5-8(3-4-19(16,17)18)1-2-9(10)7-13-11/h8-11,13H,1-7H2,(H,14,15)(H,16,17,18)/t8-,9+,10-,11+/m0/s1. The zero-order valence-electron chi connectivity index (χ0n) is 10.8. The number of fused-ring (bicyclic) bond motifs is 1. The molecule has 110 valence electrons. The van der Waals surface area contributed by atoms with E-state index in [0.717, 1.165) is 25.8 Å². The summed E-state index contributed by atoms with van der Waals surface area (Å²) < 4.78 is 30.3. The quantitative estimate of drug-likeness (QED) is 0.660. The number of hydrogen-bond donors (Lipinski definition) is 3. The molecule has 0 unspecified atom stereocenters. The van der Waals surface area contributed by atoms with Crippen LogP contribution in [0.2, 0.25) is 0 Å². The van der Waals surface area contributed by atoms with Crippen molar-refractivity contribution in [2.24, 2.45) is 17.8 Å². The van der Waals surface area contributed by atoms with Crippen molar-refractivity contribution in [1.82, 2.24) is 5.32 Å². The molecule has 0 bridgehead atoms. The molecule has 0 aromatic heterocycles.